The van der Waals surface area contributed by atoms with Gasteiger partial charge in [-0.25, -0.2) is 4.79 Å². The predicted molar refractivity (Wildman–Crippen MR) is 72.2 cm³/mol. The third kappa shape index (κ3) is 8.08. The van der Waals surface area contributed by atoms with Gasteiger partial charge in [0, 0.05) is 19.4 Å². The second kappa shape index (κ2) is 9.91. The molecule has 0 spiro atoms. The van der Waals surface area contributed by atoms with E-state index >= 15 is 0 Å². The molecule has 0 saturated heterocycles. The van der Waals surface area contributed by atoms with Gasteiger partial charge in [-0.2, -0.15) is 0 Å². The lowest BCUT2D eigenvalue weighted by Gasteiger charge is -2.17. The summed E-state index contributed by atoms with van der Waals surface area (Å²) in [5.74, 6) is 0.421. The van der Waals surface area contributed by atoms with Crippen LogP contribution in [0.25, 0.3) is 0 Å². The second-order valence-electron chi connectivity index (χ2n) is 4.24. The number of amides is 2. The standard InChI is InChI=1S/C13H26N2O3/c1-6-17-12(18-7-2)9-15-13(16)14-8-11(5)10(3)4/h8,10,12H,6-7,9H2,1-5H3,(H2,14,15,16)/b11-8+. The fourth-order valence-corrected chi connectivity index (χ4v) is 1.11. The number of hydrogen-bond donors (Lipinski definition) is 2. The molecule has 0 fully saturated rings. The number of ether oxygens (including phenoxy) is 2. The molecule has 18 heavy (non-hydrogen) atoms. The quantitative estimate of drug-likeness (QED) is 0.656. The Labute approximate surface area is 110 Å². The second-order valence-corrected chi connectivity index (χ2v) is 4.24. The van der Waals surface area contributed by atoms with Crippen molar-refractivity contribution in [3.63, 3.8) is 0 Å². The zero-order valence-corrected chi connectivity index (χ0v) is 12.1. The maximum atomic E-state index is 11.5. The Bertz CT molecular complexity index is 259. The number of rotatable bonds is 8. The van der Waals surface area contributed by atoms with Crippen molar-refractivity contribution >= 4 is 6.03 Å². The van der Waals surface area contributed by atoms with Crippen LogP contribution in [0, 0.1) is 5.92 Å². The highest BCUT2D eigenvalue weighted by Crippen LogP contribution is 2.05. The minimum atomic E-state index is -0.388. The van der Waals surface area contributed by atoms with Crippen molar-refractivity contribution in [1.29, 1.82) is 0 Å². The first-order valence-corrected chi connectivity index (χ1v) is 6.45. The molecule has 0 rings (SSSR count). The summed E-state index contributed by atoms with van der Waals surface area (Å²) < 4.78 is 10.6. The van der Waals surface area contributed by atoms with Crippen LogP contribution in [0.5, 0.6) is 0 Å². The van der Waals surface area contributed by atoms with Gasteiger partial charge in [-0.1, -0.05) is 19.4 Å². The van der Waals surface area contributed by atoms with Crippen LogP contribution in [0.15, 0.2) is 11.8 Å². The van der Waals surface area contributed by atoms with Crippen LogP contribution in [-0.2, 0) is 9.47 Å². The molecule has 2 N–H and O–H groups in total. The summed E-state index contributed by atoms with van der Waals surface area (Å²) in [6.45, 7) is 11.4. The zero-order chi connectivity index (χ0) is 14.0. The summed E-state index contributed by atoms with van der Waals surface area (Å²) >= 11 is 0. The van der Waals surface area contributed by atoms with Crippen LogP contribution in [0.4, 0.5) is 4.79 Å². The van der Waals surface area contributed by atoms with Gasteiger partial charge in [-0.05, 0) is 26.7 Å². The Balaban J connectivity index is 3.97. The van der Waals surface area contributed by atoms with Gasteiger partial charge in [0.05, 0.1) is 6.54 Å². The molecule has 5 heteroatoms. The van der Waals surface area contributed by atoms with E-state index in [2.05, 4.69) is 24.5 Å². The smallest absolute Gasteiger partial charge is 0.318 e. The van der Waals surface area contributed by atoms with Crippen molar-refractivity contribution < 1.29 is 14.3 Å². The molecular weight excluding hydrogens is 232 g/mol. The molecule has 0 bridgehead atoms. The molecule has 0 aliphatic rings. The molecule has 0 aliphatic carbocycles. The third-order valence-corrected chi connectivity index (χ3v) is 2.48. The van der Waals surface area contributed by atoms with Gasteiger partial charge in [-0.3, -0.25) is 0 Å². The zero-order valence-electron chi connectivity index (χ0n) is 12.1. The van der Waals surface area contributed by atoms with Crippen LogP contribution in [-0.4, -0.2) is 32.1 Å². The Morgan fingerprint density at radius 3 is 2.22 bits per heavy atom. The molecule has 0 radical (unpaired) electrons. The summed E-state index contributed by atoms with van der Waals surface area (Å²) in [6.07, 6.45) is 1.33. The minimum Gasteiger partial charge on any atom is -0.351 e. The van der Waals surface area contributed by atoms with E-state index < -0.39 is 0 Å². The SMILES string of the molecule is CCOC(CNC(=O)N/C=C(\C)C(C)C)OCC. The predicted octanol–water partition coefficient (Wildman–Crippen LogP) is 2.24. The van der Waals surface area contributed by atoms with E-state index in [9.17, 15) is 4.79 Å². The largest absolute Gasteiger partial charge is 0.351 e. The van der Waals surface area contributed by atoms with Crippen molar-refractivity contribution in [3.05, 3.63) is 11.8 Å². The third-order valence-electron chi connectivity index (χ3n) is 2.48. The van der Waals surface area contributed by atoms with E-state index in [-0.39, 0.29) is 12.3 Å². The van der Waals surface area contributed by atoms with E-state index in [1.807, 2.05) is 20.8 Å². The number of carbonyl (C=O) groups is 1. The van der Waals surface area contributed by atoms with Crippen LogP contribution in [0.1, 0.15) is 34.6 Å². The monoisotopic (exact) mass is 258 g/mol. The van der Waals surface area contributed by atoms with Gasteiger partial charge >= 0.3 is 6.03 Å². The first kappa shape index (κ1) is 16.9. The molecule has 0 aromatic heterocycles. The molecular formula is C13H26N2O3. The van der Waals surface area contributed by atoms with Crippen LogP contribution in [0.2, 0.25) is 0 Å². The topological polar surface area (TPSA) is 59.6 Å². The minimum absolute atomic E-state index is 0.251. The normalized spacial score (nSPS) is 12.1. The fraction of sp³-hybridized carbons (Fsp3) is 0.769. The molecule has 0 unspecified atom stereocenters. The van der Waals surface area contributed by atoms with Gasteiger partial charge in [0.25, 0.3) is 0 Å². The molecule has 2 amide bonds. The number of allylic oxidation sites excluding steroid dienone is 1. The van der Waals surface area contributed by atoms with Crippen molar-refractivity contribution in [2.24, 2.45) is 5.92 Å². The molecule has 5 nitrogen and oxygen atoms in total. The lowest BCUT2D eigenvalue weighted by molar-refractivity contribution is -0.131. The van der Waals surface area contributed by atoms with Crippen molar-refractivity contribution in [3.8, 4) is 0 Å². The first-order valence-electron chi connectivity index (χ1n) is 6.45. The number of urea groups is 1. The molecule has 0 heterocycles. The van der Waals surface area contributed by atoms with E-state index in [0.29, 0.717) is 25.7 Å². The van der Waals surface area contributed by atoms with E-state index in [1.165, 1.54) is 0 Å². The Kier molecular flexibility index (Phi) is 9.32. The van der Waals surface area contributed by atoms with E-state index in [4.69, 9.17) is 9.47 Å². The van der Waals surface area contributed by atoms with Crippen molar-refractivity contribution in [2.45, 2.75) is 40.9 Å². The Morgan fingerprint density at radius 2 is 1.78 bits per heavy atom. The van der Waals surface area contributed by atoms with Gasteiger partial charge in [0.1, 0.15) is 0 Å². The summed E-state index contributed by atoms with van der Waals surface area (Å²) in [6, 6.07) is -0.251. The summed E-state index contributed by atoms with van der Waals surface area (Å²) in [4.78, 5) is 11.5. The molecule has 0 aromatic rings. The van der Waals surface area contributed by atoms with Gasteiger partial charge < -0.3 is 20.1 Å². The summed E-state index contributed by atoms with van der Waals surface area (Å²) in [5, 5.41) is 5.38. The molecule has 0 aliphatic heterocycles. The molecule has 0 saturated carbocycles. The van der Waals surface area contributed by atoms with Gasteiger partial charge in [0.15, 0.2) is 6.29 Å². The summed E-state index contributed by atoms with van der Waals surface area (Å²) in [5.41, 5.74) is 1.12. The maximum absolute atomic E-state index is 11.5. The van der Waals surface area contributed by atoms with E-state index in [0.717, 1.165) is 5.57 Å². The van der Waals surface area contributed by atoms with Crippen molar-refractivity contribution in [2.75, 3.05) is 19.8 Å². The highest BCUT2D eigenvalue weighted by Gasteiger charge is 2.09. The number of nitrogens with one attached hydrogen (secondary N) is 2. The highest BCUT2D eigenvalue weighted by atomic mass is 16.7. The van der Waals surface area contributed by atoms with Crippen LogP contribution in [0.3, 0.4) is 0 Å². The van der Waals surface area contributed by atoms with Crippen LogP contribution < -0.4 is 10.6 Å². The van der Waals surface area contributed by atoms with Gasteiger partial charge in [0.2, 0.25) is 0 Å². The van der Waals surface area contributed by atoms with E-state index in [1.54, 1.807) is 6.20 Å². The maximum Gasteiger partial charge on any atom is 0.318 e. The summed E-state index contributed by atoms with van der Waals surface area (Å²) in [7, 11) is 0. The first-order chi connectivity index (χ1) is 8.51. The van der Waals surface area contributed by atoms with Crippen LogP contribution >= 0.6 is 0 Å². The lowest BCUT2D eigenvalue weighted by Crippen LogP contribution is -2.39. The average Bonchev–Trinajstić information content (AvgIpc) is 2.33. The number of carbonyl (C=O) groups excluding carboxylic acids is 1. The fourth-order valence-electron chi connectivity index (χ4n) is 1.11. The molecule has 0 atom stereocenters. The van der Waals surface area contributed by atoms with Gasteiger partial charge in [-0.15, -0.1) is 0 Å². The lowest BCUT2D eigenvalue weighted by atomic mass is 10.1. The molecule has 0 aromatic carbocycles. The molecule has 106 valence electrons. The Hall–Kier alpha value is -1.07. The number of hydrogen-bond acceptors (Lipinski definition) is 3. The highest BCUT2D eigenvalue weighted by molar-refractivity contribution is 5.74. The average molecular weight is 258 g/mol. The Morgan fingerprint density at radius 1 is 1.22 bits per heavy atom. The van der Waals surface area contributed by atoms with Crippen molar-refractivity contribution in [1.82, 2.24) is 10.6 Å².